The van der Waals surface area contributed by atoms with Gasteiger partial charge in [0.05, 0.1) is 10.6 Å². The van der Waals surface area contributed by atoms with Gasteiger partial charge in [0.15, 0.2) is 0 Å². The number of nitro groups is 1. The molecule has 0 bridgehead atoms. The van der Waals surface area contributed by atoms with Gasteiger partial charge in [-0.25, -0.2) is 0 Å². The van der Waals surface area contributed by atoms with Crippen molar-refractivity contribution in [1.82, 2.24) is 9.88 Å². The second kappa shape index (κ2) is 6.95. The third-order valence-corrected chi connectivity index (χ3v) is 4.41. The molecule has 0 unspecified atom stereocenters. The van der Waals surface area contributed by atoms with Crippen LogP contribution in [0.4, 0.5) is 5.69 Å². The van der Waals surface area contributed by atoms with Gasteiger partial charge in [-0.15, -0.1) is 0 Å². The first kappa shape index (κ1) is 15.9. The summed E-state index contributed by atoms with van der Waals surface area (Å²) in [6, 6.07) is 0. The van der Waals surface area contributed by atoms with Gasteiger partial charge in [0.25, 0.3) is 5.69 Å². The van der Waals surface area contributed by atoms with Crippen molar-refractivity contribution in [3.8, 4) is 0 Å². The van der Waals surface area contributed by atoms with Gasteiger partial charge in [0.2, 0.25) is 0 Å². The number of aromatic nitrogens is 1. The predicted octanol–water partition coefficient (Wildman–Crippen LogP) is 2.17. The molecule has 1 aliphatic rings. The quantitative estimate of drug-likeness (QED) is 0.664. The molecule has 0 aromatic carbocycles. The number of nitrogens with two attached hydrogens (primary N) is 1. The highest BCUT2D eigenvalue weighted by atomic mass is 16.6. The van der Waals surface area contributed by atoms with E-state index < -0.39 is 0 Å². The van der Waals surface area contributed by atoms with E-state index in [0.29, 0.717) is 17.7 Å². The predicted molar refractivity (Wildman–Crippen MR) is 82.0 cm³/mol. The van der Waals surface area contributed by atoms with Crippen LogP contribution in [0.1, 0.15) is 36.1 Å². The molecular weight excluding hydrogens is 268 g/mol. The first-order valence-corrected chi connectivity index (χ1v) is 7.54. The fourth-order valence-corrected chi connectivity index (χ4v) is 3.09. The number of hydrogen-bond acceptors (Lipinski definition) is 5. The maximum atomic E-state index is 11.2. The van der Waals surface area contributed by atoms with Crippen molar-refractivity contribution in [3.05, 3.63) is 33.1 Å². The molecule has 2 N–H and O–H groups in total. The van der Waals surface area contributed by atoms with Crippen LogP contribution in [0, 0.1) is 29.9 Å². The fourth-order valence-electron chi connectivity index (χ4n) is 3.09. The number of nitrogens with zero attached hydrogens (tertiary/aromatic N) is 3. The fraction of sp³-hybridized carbons (Fsp3) is 0.667. The second-order valence-corrected chi connectivity index (χ2v) is 5.92. The Balaban J connectivity index is 2.04. The average Bonchev–Trinajstić information content (AvgIpc) is 2.44. The normalized spacial score (nSPS) is 17.1. The van der Waals surface area contributed by atoms with E-state index >= 15 is 0 Å². The van der Waals surface area contributed by atoms with Gasteiger partial charge in [-0.2, -0.15) is 0 Å². The van der Waals surface area contributed by atoms with E-state index in [1.54, 1.807) is 20.0 Å². The number of piperidine rings is 1. The van der Waals surface area contributed by atoms with Crippen LogP contribution in [0.25, 0.3) is 0 Å². The largest absolute Gasteiger partial charge is 0.330 e. The summed E-state index contributed by atoms with van der Waals surface area (Å²) in [7, 11) is 0. The molecule has 1 aromatic heterocycles. The summed E-state index contributed by atoms with van der Waals surface area (Å²) >= 11 is 0. The highest BCUT2D eigenvalue weighted by Crippen LogP contribution is 2.26. The monoisotopic (exact) mass is 292 g/mol. The van der Waals surface area contributed by atoms with Crippen LogP contribution in [0.15, 0.2) is 6.20 Å². The third kappa shape index (κ3) is 3.77. The van der Waals surface area contributed by atoms with Crippen LogP contribution in [-0.2, 0) is 6.54 Å². The van der Waals surface area contributed by atoms with E-state index in [9.17, 15) is 10.1 Å². The van der Waals surface area contributed by atoms with Crippen molar-refractivity contribution in [2.24, 2.45) is 11.7 Å². The first-order valence-electron chi connectivity index (χ1n) is 7.54. The highest BCUT2D eigenvalue weighted by Gasteiger charge is 2.23. The SMILES string of the molecule is Cc1cnc(CN2CCC(CCN)CC2)c(C)c1[N+](=O)[O-]. The minimum atomic E-state index is -0.302. The molecule has 0 atom stereocenters. The summed E-state index contributed by atoms with van der Waals surface area (Å²) in [4.78, 5) is 17.6. The Hall–Kier alpha value is -1.53. The van der Waals surface area contributed by atoms with Crippen LogP contribution >= 0.6 is 0 Å². The van der Waals surface area contributed by atoms with E-state index in [1.807, 2.05) is 0 Å². The molecule has 21 heavy (non-hydrogen) atoms. The van der Waals surface area contributed by atoms with Gasteiger partial charge >= 0.3 is 0 Å². The molecule has 1 aliphatic heterocycles. The number of likely N-dealkylation sites (tertiary alicyclic amines) is 1. The molecule has 0 radical (unpaired) electrons. The van der Waals surface area contributed by atoms with Gasteiger partial charge in [-0.3, -0.25) is 20.0 Å². The molecule has 1 saturated heterocycles. The van der Waals surface area contributed by atoms with E-state index in [4.69, 9.17) is 5.73 Å². The maximum Gasteiger partial charge on any atom is 0.278 e. The lowest BCUT2D eigenvalue weighted by molar-refractivity contribution is -0.386. The van der Waals surface area contributed by atoms with E-state index in [0.717, 1.165) is 50.5 Å². The Labute approximate surface area is 125 Å². The minimum Gasteiger partial charge on any atom is -0.330 e. The Kier molecular flexibility index (Phi) is 5.25. The van der Waals surface area contributed by atoms with Crippen molar-refractivity contribution in [3.63, 3.8) is 0 Å². The van der Waals surface area contributed by atoms with Gasteiger partial charge in [-0.1, -0.05) is 0 Å². The average molecular weight is 292 g/mol. The second-order valence-electron chi connectivity index (χ2n) is 5.92. The van der Waals surface area contributed by atoms with Crippen LogP contribution in [0.5, 0.6) is 0 Å². The lowest BCUT2D eigenvalue weighted by atomic mass is 9.93. The van der Waals surface area contributed by atoms with E-state index in [-0.39, 0.29) is 10.6 Å². The summed E-state index contributed by atoms with van der Waals surface area (Å²) in [6.07, 6.45) is 5.02. The lowest BCUT2D eigenvalue weighted by Crippen LogP contribution is -2.34. The van der Waals surface area contributed by atoms with Crippen molar-refractivity contribution >= 4 is 5.69 Å². The zero-order valence-electron chi connectivity index (χ0n) is 12.8. The molecule has 2 rings (SSSR count). The number of hydrogen-bond donors (Lipinski definition) is 1. The molecule has 116 valence electrons. The molecular formula is C15H24N4O2. The third-order valence-electron chi connectivity index (χ3n) is 4.41. The van der Waals surface area contributed by atoms with Gasteiger partial charge in [0.1, 0.15) is 0 Å². The van der Waals surface area contributed by atoms with Gasteiger partial charge in [0, 0.05) is 23.9 Å². The zero-order valence-corrected chi connectivity index (χ0v) is 12.8. The van der Waals surface area contributed by atoms with Crippen molar-refractivity contribution < 1.29 is 4.92 Å². The molecule has 0 spiro atoms. The smallest absolute Gasteiger partial charge is 0.278 e. The summed E-state index contributed by atoms with van der Waals surface area (Å²) in [6.45, 7) is 7.04. The molecule has 6 nitrogen and oxygen atoms in total. The summed E-state index contributed by atoms with van der Waals surface area (Å²) in [5.74, 6) is 0.729. The van der Waals surface area contributed by atoms with Crippen LogP contribution < -0.4 is 5.73 Å². The molecule has 2 heterocycles. The zero-order chi connectivity index (χ0) is 15.4. The standard InChI is InChI=1S/C15H24N4O2/c1-11-9-17-14(12(2)15(11)19(20)21)10-18-7-4-13(3-6-16)5-8-18/h9,13H,3-8,10,16H2,1-2H3. The van der Waals surface area contributed by atoms with Crippen LogP contribution in [0.2, 0.25) is 0 Å². The maximum absolute atomic E-state index is 11.2. The Morgan fingerprint density at radius 3 is 2.67 bits per heavy atom. The molecule has 6 heteroatoms. The molecule has 0 amide bonds. The Morgan fingerprint density at radius 2 is 2.10 bits per heavy atom. The van der Waals surface area contributed by atoms with Crippen molar-refractivity contribution in [1.29, 1.82) is 0 Å². The topological polar surface area (TPSA) is 85.3 Å². The van der Waals surface area contributed by atoms with E-state index in [1.165, 1.54) is 0 Å². The first-order chi connectivity index (χ1) is 10.0. The van der Waals surface area contributed by atoms with Crippen molar-refractivity contribution in [2.45, 2.75) is 39.7 Å². The van der Waals surface area contributed by atoms with Gasteiger partial charge in [-0.05, 0) is 58.7 Å². The summed E-state index contributed by atoms with van der Waals surface area (Å²) in [5, 5.41) is 11.2. The Bertz CT molecular complexity index is 511. The molecule has 0 saturated carbocycles. The van der Waals surface area contributed by atoms with Crippen molar-refractivity contribution in [2.75, 3.05) is 19.6 Å². The van der Waals surface area contributed by atoms with E-state index in [2.05, 4.69) is 9.88 Å². The highest BCUT2D eigenvalue weighted by molar-refractivity contribution is 5.47. The number of pyridine rings is 1. The molecule has 1 aromatic rings. The number of rotatable bonds is 5. The molecule has 1 fully saturated rings. The van der Waals surface area contributed by atoms with Gasteiger partial charge < -0.3 is 5.73 Å². The Morgan fingerprint density at radius 1 is 1.43 bits per heavy atom. The number of aryl methyl sites for hydroxylation is 1. The van der Waals surface area contributed by atoms with Crippen LogP contribution in [0.3, 0.4) is 0 Å². The molecule has 0 aliphatic carbocycles. The van der Waals surface area contributed by atoms with Crippen LogP contribution in [-0.4, -0.2) is 34.4 Å². The lowest BCUT2D eigenvalue weighted by Gasteiger charge is -2.31. The summed E-state index contributed by atoms with van der Waals surface area (Å²) in [5.41, 5.74) is 7.97. The summed E-state index contributed by atoms with van der Waals surface area (Å²) < 4.78 is 0. The minimum absolute atomic E-state index is 0.206.